The Balaban J connectivity index is 1.91. The molecule has 4 nitrogen and oxygen atoms in total. The van der Waals surface area contributed by atoms with Gasteiger partial charge in [0.1, 0.15) is 0 Å². The van der Waals surface area contributed by atoms with E-state index in [-0.39, 0.29) is 5.91 Å². The molecule has 0 spiro atoms. The second-order valence-corrected chi connectivity index (χ2v) is 5.65. The van der Waals surface area contributed by atoms with Crippen molar-refractivity contribution in [3.05, 3.63) is 29.8 Å². The van der Waals surface area contributed by atoms with Crippen LogP contribution in [0, 0.1) is 0 Å². The Morgan fingerprint density at radius 3 is 2.25 bits per heavy atom. The van der Waals surface area contributed by atoms with E-state index >= 15 is 0 Å². The van der Waals surface area contributed by atoms with Gasteiger partial charge < -0.3 is 15.5 Å². The first-order chi connectivity index (χ1) is 9.61. The van der Waals surface area contributed by atoms with Crippen LogP contribution >= 0.6 is 0 Å². The van der Waals surface area contributed by atoms with E-state index in [1.807, 2.05) is 4.90 Å². The first kappa shape index (κ1) is 14.9. The molecule has 0 aliphatic carbocycles. The topological polar surface area (TPSA) is 49.6 Å². The quantitative estimate of drug-likeness (QED) is 0.911. The lowest BCUT2D eigenvalue weighted by Gasteiger charge is -2.36. The van der Waals surface area contributed by atoms with Crippen LogP contribution in [-0.4, -0.2) is 43.5 Å². The summed E-state index contributed by atoms with van der Waals surface area (Å²) in [6, 6.07) is 8.78. The van der Waals surface area contributed by atoms with Gasteiger partial charge in [-0.3, -0.25) is 4.79 Å². The first-order valence-corrected chi connectivity index (χ1v) is 7.44. The number of nitrogens with two attached hydrogens (primary N) is 1. The van der Waals surface area contributed by atoms with Gasteiger partial charge in [0.05, 0.1) is 0 Å². The lowest BCUT2D eigenvalue weighted by molar-refractivity contribution is -0.131. The molecule has 0 radical (unpaired) electrons. The molecule has 1 aromatic carbocycles. The zero-order valence-corrected chi connectivity index (χ0v) is 12.5. The van der Waals surface area contributed by atoms with Crippen molar-refractivity contribution in [3.8, 4) is 0 Å². The minimum absolute atomic E-state index is 0.183. The van der Waals surface area contributed by atoms with Gasteiger partial charge in [0, 0.05) is 44.8 Å². The second-order valence-electron chi connectivity index (χ2n) is 5.65. The highest BCUT2D eigenvalue weighted by molar-refractivity contribution is 5.76. The predicted molar refractivity (Wildman–Crippen MR) is 83.0 cm³/mol. The summed E-state index contributed by atoms with van der Waals surface area (Å²) in [7, 11) is 0. The molecule has 1 aliphatic heterocycles. The summed E-state index contributed by atoms with van der Waals surface area (Å²) < 4.78 is 0. The zero-order chi connectivity index (χ0) is 14.5. The van der Waals surface area contributed by atoms with Gasteiger partial charge in [0.2, 0.25) is 5.91 Å². The van der Waals surface area contributed by atoms with E-state index in [9.17, 15) is 4.79 Å². The Kier molecular flexibility index (Phi) is 5.01. The maximum Gasteiger partial charge on any atom is 0.223 e. The van der Waals surface area contributed by atoms with E-state index in [0.29, 0.717) is 18.9 Å². The van der Waals surface area contributed by atoms with Gasteiger partial charge >= 0.3 is 0 Å². The number of amides is 1. The van der Waals surface area contributed by atoms with Crippen molar-refractivity contribution in [2.24, 2.45) is 5.73 Å². The number of carbonyl (C=O) groups is 1. The van der Waals surface area contributed by atoms with Crippen LogP contribution in [0.5, 0.6) is 0 Å². The Labute approximate surface area is 121 Å². The van der Waals surface area contributed by atoms with Gasteiger partial charge in [-0.15, -0.1) is 0 Å². The zero-order valence-electron chi connectivity index (χ0n) is 12.5. The van der Waals surface area contributed by atoms with Gasteiger partial charge in [0.15, 0.2) is 0 Å². The van der Waals surface area contributed by atoms with Crippen molar-refractivity contribution >= 4 is 11.6 Å². The fraction of sp³-hybridized carbons (Fsp3) is 0.562. The molecule has 0 aromatic heterocycles. The van der Waals surface area contributed by atoms with Gasteiger partial charge in [-0.2, -0.15) is 0 Å². The van der Waals surface area contributed by atoms with Crippen LogP contribution in [0.3, 0.4) is 0 Å². The Morgan fingerprint density at radius 2 is 1.75 bits per heavy atom. The first-order valence-electron chi connectivity index (χ1n) is 7.44. The van der Waals surface area contributed by atoms with Crippen molar-refractivity contribution in [2.75, 3.05) is 37.6 Å². The SMILES string of the molecule is CC(C)c1ccc(N2CCN(C(=O)CCN)CC2)cc1. The Bertz CT molecular complexity index is 434. The predicted octanol–water partition coefficient (Wildman–Crippen LogP) is 1.81. The number of rotatable bonds is 4. The molecule has 1 heterocycles. The molecule has 0 unspecified atom stereocenters. The largest absolute Gasteiger partial charge is 0.368 e. The van der Waals surface area contributed by atoms with E-state index in [4.69, 9.17) is 5.73 Å². The molecule has 2 rings (SSSR count). The number of carbonyl (C=O) groups excluding carboxylic acids is 1. The van der Waals surface area contributed by atoms with Crippen LogP contribution in [0.1, 0.15) is 31.7 Å². The second kappa shape index (κ2) is 6.75. The van der Waals surface area contributed by atoms with Crippen LogP contribution in [0.4, 0.5) is 5.69 Å². The number of hydrogen-bond acceptors (Lipinski definition) is 3. The van der Waals surface area contributed by atoms with E-state index in [0.717, 1.165) is 26.2 Å². The molecular formula is C16H25N3O. The van der Waals surface area contributed by atoms with Gasteiger partial charge in [0.25, 0.3) is 0 Å². The summed E-state index contributed by atoms with van der Waals surface area (Å²) in [4.78, 5) is 16.1. The molecule has 0 bridgehead atoms. The van der Waals surface area contributed by atoms with Crippen molar-refractivity contribution in [3.63, 3.8) is 0 Å². The molecule has 4 heteroatoms. The van der Waals surface area contributed by atoms with Crippen LogP contribution in [0.25, 0.3) is 0 Å². The minimum Gasteiger partial charge on any atom is -0.368 e. The maximum absolute atomic E-state index is 11.8. The lowest BCUT2D eigenvalue weighted by atomic mass is 10.0. The number of anilines is 1. The van der Waals surface area contributed by atoms with E-state index < -0.39 is 0 Å². The monoisotopic (exact) mass is 275 g/mol. The molecule has 1 fully saturated rings. The van der Waals surface area contributed by atoms with Gasteiger partial charge in [-0.05, 0) is 23.6 Å². The highest BCUT2D eigenvalue weighted by atomic mass is 16.2. The summed E-state index contributed by atoms with van der Waals surface area (Å²) >= 11 is 0. The van der Waals surface area contributed by atoms with Crippen LogP contribution < -0.4 is 10.6 Å². The Hall–Kier alpha value is -1.55. The number of hydrogen-bond donors (Lipinski definition) is 1. The number of benzene rings is 1. The summed E-state index contributed by atoms with van der Waals surface area (Å²) in [5.41, 5.74) is 8.05. The van der Waals surface area contributed by atoms with Crippen molar-refractivity contribution in [2.45, 2.75) is 26.2 Å². The standard InChI is InChI=1S/C16H25N3O/c1-13(2)14-3-5-15(6-4-14)18-9-11-19(12-10-18)16(20)7-8-17/h3-6,13H,7-12,17H2,1-2H3. The summed E-state index contributed by atoms with van der Waals surface area (Å²) in [5, 5.41) is 0. The molecule has 110 valence electrons. The summed E-state index contributed by atoms with van der Waals surface area (Å²) in [6.45, 7) is 8.24. The molecule has 1 aliphatic rings. The third kappa shape index (κ3) is 3.51. The highest BCUT2D eigenvalue weighted by Gasteiger charge is 2.20. The average Bonchev–Trinajstić information content (AvgIpc) is 2.48. The fourth-order valence-corrected chi connectivity index (χ4v) is 2.57. The summed E-state index contributed by atoms with van der Waals surface area (Å²) in [6.07, 6.45) is 0.461. The average molecular weight is 275 g/mol. The smallest absolute Gasteiger partial charge is 0.223 e. The molecule has 0 atom stereocenters. The van der Waals surface area contributed by atoms with Crippen LogP contribution in [-0.2, 0) is 4.79 Å². The minimum atomic E-state index is 0.183. The fourth-order valence-electron chi connectivity index (χ4n) is 2.57. The third-order valence-corrected chi connectivity index (χ3v) is 3.92. The van der Waals surface area contributed by atoms with E-state index in [1.54, 1.807) is 0 Å². The highest BCUT2D eigenvalue weighted by Crippen LogP contribution is 2.21. The normalized spacial score (nSPS) is 15.8. The van der Waals surface area contributed by atoms with E-state index in [1.165, 1.54) is 11.3 Å². The third-order valence-electron chi connectivity index (χ3n) is 3.92. The molecule has 2 N–H and O–H groups in total. The van der Waals surface area contributed by atoms with Gasteiger partial charge in [-0.1, -0.05) is 26.0 Å². The molecular weight excluding hydrogens is 250 g/mol. The molecule has 0 saturated carbocycles. The molecule has 20 heavy (non-hydrogen) atoms. The molecule has 1 amide bonds. The van der Waals surface area contributed by atoms with Crippen LogP contribution in [0.15, 0.2) is 24.3 Å². The number of nitrogens with zero attached hydrogens (tertiary/aromatic N) is 2. The number of piperazine rings is 1. The maximum atomic E-state index is 11.8. The van der Waals surface area contributed by atoms with Gasteiger partial charge in [-0.25, -0.2) is 0 Å². The molecule has 1 aromatic rings. The molecule has 1 saturated heterocycles. The Morgan fingerprint density at radius 1 is 1.15 bits per heavy atom. The summed E-state index contributed by atoms with van der Waals surface area (Å²) in [5.74, 6) is 0.747. The lowest BCUT2D eigenvalue weighted by Crippen LogP contribution is -2.49. The van der Waals surface area contributed by atoms with E-state index in [2.05, 4.69) is 43.0 Å². The van der Waals surface area contributed by atoms with Crippen molar-refractivity contribution < 1.29 is 4.79 Å². The van der Waals surface area contributed by atoms with Crippen LogP contribution in [0.2, 0.25) is 0 Å². The van der Waals surface area contributed by atoms with Crippen molar-refractivity contribution in [1.82, 2.24) is 4.90 Å². The van der Waals surface area contributed by atoms with Crippen molar-refractivity contribution in [1.29, 1.82) is 0 Å².